The minimum absolute atomic E-state index is 0.105. The van der Waals surface area contributed by atoms with Gasteiger partial charge in [0.05, 0.1) is 13.0 Å². The summed E-state index contributed by atoms with van der Waals surface area (Å²) >= 11 is 0. The summed E-state index contributed by atoms with van der Waals surface area (Å²) in [5, 5.41) is 9.86. The van der Waals surface area contributed by atoms with Crippen LogP contribution in [0, 0.1) is 5.41 Å². The summed E-state index contributed by atoms with van der Waals surface area (Å²) in [4.78, 5) is 18.6. The monoisotopic (exact) mass is 302 g/mol. The van der Waals surface area contributed by atoms with Crippen molar-refractivity contribution in [2.75, 3.05) is 19.7 Å². The summed E-state index contributed by atoms with van der Waals surface area (Å²) in [6, 6.07) is 5.63. The average Bonchev–Trinajstić information content (AvgIpc) is 2.54. The van der Waals surface area contributed by atoms with Crippen LogP contribution in [0.1, 0.15) is 38.8 Å². The van der Waals surface area contributed by atoms with Gasteiger partial charge in [0.1, 0.15) is 0 Å². The molecule has 0 saturated carbocycles. The van der Waals surface area contributed by atoms with Gasteiger partial charge in [-0.15, -0.1) is 0 Å². The van der Waals surface area contributed by atoms with Crippen LogP contribution in [0.4, 0.5) is 0 Å². The number of aromatic nitrogens is 1. The molecule has 0 spiro atoms. The standard InChI is InChI=1S/C18H26N2O2/c1-15(2)7-9-18(14-21)8-5-11-20(13-18)17(22)12-16-6-3-4-10-19-16/h3-4,6-7,10,21H,5,8-9,11-14H2,1-2H3/t18-/m1/s1. The molecule has 1 amide bonds. The molecule has 1 aliphatic heterocycles. The summed E-state index contributed by atoms with van der Waals surface area (Å²) in [6.45, 7) is 5.68. The fourth-order valence-corrected chi connectivity index (χ4v) is 2.97. The van der Waals surface area contributed by atoms with Gasteiger partial charge in [0.2, 0.25) is 5.91 Å². The molecule has 0 aliphatic carbocycles. The lowest BCUT2D eigenvalue weighted by Crippen LogP contribution is -2.48. The Kier molecular flexibility index (Phi) is 5.72. The van der Waals surface area contributed by atoms with Crippen molar-refractivity contribution in [1.29, 1.82) is 0 Å². The molecule has 0 unspecified atom stereocenters. The molecule has 0 bridgehead atoms. The van der Waals surface area contributed by atoms with Crippen molar-refractivity contribution in [3.8, 4) is 0 Å². The maximum Gasteiger partial charge on any atom is 0.228 e. The Labute approximate surface area is 132 Å². The largest absolute Gasteiger partial charge is 0.396 e. The zero-order valence-electron chi connectivity index (χ0n) is 13.6. The van der Waals surface area contributed by atoms with Crippen molar-refractivity contribution in [1.82, 2.24) is 9.88 Å². The Bertz CT molecular complexity index is 523. The van der Waals surface area contributed by atoms with Crippen molar-refractivity contribution in [2.45, 2.75) is 39.5 Å². The van der Waals surface area contributed by atoms with E-state index < -0.39 is 0 Å². The quantitative estimate of drug-likeness (QED) is 0.851. The molecule has 1 fully saturated rings. The van der Waals surface area contributed by atoms with E-state index in [4.69, 9.17) is 0 Å². The molecule has 4 heteroatoms. The minimum Gasteiger partial charge on any atom is -0.396 e. The van der Waals surface area contributed by atoms with Crippen LogP contribution in [0.25, 0.3) is 0 Å². The Morgan fingerprint density at radius 3 is 2.91 bits per heavy atom. The third kappa shape index (κ3) is 4.41. The molecule has 0 aromatic carbocycles. The maximum absolute atomic E-state index is 12.5. The molecule has 1 atom stereocenters. The molecule has 1 aromatic heterocycles. The number of pyridine rings is 1. The number of amides is 1. The van der Waals surface area contributed by atoms with Gasteiger partial charge in [-0.1, -0.05) is 17.7 Å². The number of carbonyl (C=O) groups is 1. The first kappa shape index (κ1) is 16.7. The van der Waals surface area contributed by atoms with Crippen LogP contribution in [-0.2, 0) is 11.2 Å². The van der Waals surface area contributed by atoms with Gasteiger partial charge in [-0.3, -0.25) is 9.78 Å². The topological polar surface area (TPSA) is 53.4 Å². The van der Waals surface area contributed by atoms with E-state index >= 15 is 0 Å². The van der Waals surface area contributed by atoms with Crippen molar-refractivity contribution in [3.05, 3.63) is 41.7 Å². The normalized spacial score (nSPS) is 21.5. The highest BCUT2D eigenvalue weighted by Gasteiger charge is 2.35. The van der Waals surface area contributed by atoms with Crippen LogP contribution in [0.2, 0.25) is 0 Å². The molecule has 2 rings (SSSR count). The number of likely N-dealkylation sites (tertiary alicyclic amines) is 1. The average molecular weight is 302 g/mol. The lowest BCUT2D eigenvalue weighted by Gasteiger charge is -2.41. The first-order chi connectivity index (χ1) is 10.5. The van der Waals surface area contributed by atoms with Gasteiger partial charge in [0, 0.05) is 30.4 Å². The summed E-state index contributed by atoms with van der Waals surface area (Å²) in [6.07, 6.45) is 6.98. The molecule has 120 valence electrons. The molecule has 2 heterocycles. The van der Waals surface area contributed by atoms with E-state index in [1.54, 1.807) is 6.20 Å². The van der Waals surface area contributed by atoms with Crippen molar-refractivity contribution < 1.29 is 9.90 Å². The van der Waals surface area contributed by atoms with Gasteiger partial charge in [0.15, 0.2) is 0 Å². The fraction of sp³-hybridized carbons (Fsp3) is 0.556. The number of allylic oxidation sites excluding steroid dienone is 2. The highest BCUT2D eigenvalue weighted by Crippen LogP contribution is 2.34. The van der Waals surface area contributed by atoms with E-state index in [0.29, 0.717) is 13.0 Å². The highest BCUT2D eigenvalue weighted by atomic mass is 16.3. The van der Waals surface area contributed by atoms with Crippen molar-refractivity contribution in [2.24, 2.45) is 5.41 Å². The van der Waals surface area contributed by atoms with Crippen LogP contribution >= 0.6 is 0 Å². The number of aliphatic hydroxyl groups is 1. The van der Waals surface area contributed by atoms with Crippen molar-refractivity contribution >= 4 is 5.91 Å². The van der Waals surface area contributed by atoms with Crippen LogP contribution < -0.4 is 0 Å². The Hall–Kier alpha value is -1.68. The fourth-order valence-electron chi connectivity index (χ4n) is 2.97. The summed E-state index contributed by atoms with van der Waals surface area (Å²) < 4.78 is 0. The van der Waals surface area contributed by atoms with E-state index in [1.165, 1.54) is 5.57 Å². The number of nitrogens with zero attached hydrogens (tertiary/aromatic N) is 2. The number of rotatable bonds is 5. The maximum atomic E-state index is 12.5. The van der Waals surface area contributed by atoms with Crippen LogP contribution in [0.3, 0.4) is 0 Å². The van der Waals surface area contributed by atoms with E-state index in [-0.39, 0.29) is 17.9 Å². The van der Waals surface area contributed by atoms with E-state index in [0.717, 1.165) is 31.5 Å². The van der Waals surface area contributed by atoms with Crippen molar-refractivity contribution in [3.63, 3.8) is 0 Å². The Morgan fingerprint density at radius 1 is 1.45 bits per heavy atom. The molecule has 1 saturated heterocycles. The van der Waals surface area contributed by atoms with Gasteiger partial charge in [-0.05, 0) is 45.2 Å². The predicted octanol–water partition coefficient (Wildman–Crippen LogP) is 2.58. The molecule has 4 nitrogen and oxygen atoms in total. The van der Waals surface area contributed by atoms with E-state index in [1.807, 2.05) is 23.1 Å². The highest BCUT2D eigenvalue weighted by molar-refractivity contribution is 5.78. The molecule has 1 aromatic rings. The zero-order chi connectivity index (χ0) is 16.0. The number of hydrogen-bond acceptors (Lipinski definition) is 3. The first-order valence-electron chi connectivity index (χ1n) is 7.97. The third-order valence-electron chi connectivity index (χ3n) is 4.35. The van der Waals surface area contributed by atoms with E-state index in [2.05, 4.69) is 24.9 Å². The van der Waals surface area contributed by atoms with Gasteiger partial charge < -0.3 is 10.0 Å². The lowest BCUT2D eigenvalue weighted by atomic mass is 9.77. The number of carbonyl (C=O) groups excluding carboxylic acids is 1. The SMILES string of the molecule is CC(C)=CC[C@]1(CO)CCCN(C(=O)Cc2ccccn2)C1. The molecular formula is C18H26N2O2. The van der Waals surface area contributed by atoms with Crippen LogP contribution in [-0.4, -0.2) is 40.6 Å². The first-order valence-corrected chi connectivity index (χ1v) is 7.97. The minimum atomic E-state index is -0.185. The molecular weight excluding hydrogens is 276 g/mol. The van der Waals surface area contributed by atoms with Gasteiger partial charge >= 0.3 is 0 Å². The second-order valence-electron chi connectivity index (χ2n) is 6.56. The van der Waals surface area contributed by atoms with Crippen LogP contribution in [0.15, 0.2) is 36.0 Å². The molecule has 0 radical (unpaired) electrons. The van der Waals surface area contributed by atoms with Gasteiger partial charge in [-0.2, -0.15) is 0 Å². The number of hydrogen-bond donors (Lipinski definition) is 1. The summed E-state index contributed by atoms with van der Waals surface area (Å²) in [7, 11) is 0. The van der Waals surface area contributed by atoms with Gasteiger partial charge in [-0.25, -0.2) is 0 Å². The van der Waals surface area contributed by atoms with Crippen LogP contribution in [0.5, 0.6) is 0 Å². The predicted molar refractivity (Wildman–Crippen MR) is 87.3 cm³/mol. The lowest BCUT2D eigenvalue weighted by molar-refractivity contribution is -0.134. The number of piperidine rings is 1. The molecule has 1 aliphatic rings. The smallest absolute Gasteiger partial charge is 0.228 e. The Morgan fingerprint density at radius 2 is 2.27 bits per heavy atom. The zero-order valence-corrected chi connectivity index (χ0v) is 13.6. The third-order valence-corrected chi connectivity index (χ3v) is 4.35. The Balaban J connectivity index is 2.02. The number of aliphatic hydroxyl groups excluding tert-OH is 1. The van der Waals surface area contributed by atoms with E-state index in [9.17, 15) is 9.90 Å². The summed E-state index contributed by atoms with van der Waals surface area (Å²) in [5.41, 5.74) is 1.87. The van der Waals surface area contributed by atoms with Gasteiger partial charge in [0.25, 0.3) is 0 Å². The molecule has 1 N–H and O–H groups in total. The summed E-state index contributed by atoms with van der Waals surface area (Å²) in [5.74, 6) is 0.105. The second kappa shape index (κ2) is 7.54. The molecule has 22 heavy (non-hydrogen) atoms. The second-order valence-corrected chi connectivity index (χ2v) is 6.56.